The number of benzene rings is 1. The Morgan fingerprint density at radius 1 is 1.12 bits per heavy atom. The molecule has 0 spiro atoms. The van der Waals surface area contributed by atoms with Crippen LogP contribution in [0.5, 0.6) is 0 Å². The van der Waals surface area contributed by atoms with Crippen LogP contribution in [0.3, 0.4) is 0 Å². The monoisotopic (exact) mass is 216 g/mol. The summed E-state index contributed by atoms with van der Waals surface area (Å²) >= 11 is 0. The van der Waals surface area contributed by atoms with Crippen LogP contribution in [0.25, 0.3) is 0 Å². The molecule has 0 aromatic heterocycles. The largest absolute Gasteiger partial charge is 0.369 e. The summed E-state index contributed by atoms with van der Waals surface area (Å²) in [6, 6.07) is 8.08. The van der Waals surface area contributed by atoms with Crippen molar-refractivity contribution in [2.45, 2.75) is 13.0 Å². The van der Waals surface area contributed by atoms with Gasteiger partial charge in [0, 0.05) is 19.6 Å². The maximum Gasteiger partial charge on any atom is 0.221 e. The number of amides is 1. The molecule has 3 nitrogen and oxygen atoms in total. The molecule has 1 heterocycles. The van der Waals surface area contributed by atoms with Gasteiger partial charge in [-0.1, -0.05) is 36.4 Å². The Hall–Kier alpha value is -1.61. The lowest BCUT2D eigenvalue weighted by Crippen LogP contribution is -2.19. The van der Waals surface area contributed by atoms with Crippen molar-refractivity contribution in [2.24, 2.45) is 5.73 Å². The first kappa shape index (κ1) is 10.9. The molecular weight excluding hydrogens is 200 g/mol. The molecule has 0 atom stereocenters. The SMILES string of the molecule is NC(=O)Cc1ccc(CN2CC=CC2)cc1. The molecule has 1 aliphatic rings. The average molecular weight is 216 g/mol. The van der Waals surface area contributed by atoms with Crippen molar-refractivity contribution in [1.82, 2.24) is 4.90 Å². The molecule has 0 saturated heterocycles. The molecule has 1 aromatic rings. The molecule has 0 unspecified atom stereocenters. The van der Waals surface area contributed by atoms with Gasteiger partial charge >= 0.3 is 0 Å². The Morgan fingerprint density at radius 2 is 1.69 bits per heavy atom. The molecule has 0 radical (unpaired) electrons. The maximum absolute atomic E-state index is 10.7. The number of rotatable bonds is 4. The van der Waals surface area contributed by atoms with Crippen LogP contribution in [0.15, 0.2) is 36.4 Å². The van der Waals surface area contributed by atoms with E-state index >= 15 is 0 Å². The molecule has 16 heavy (non-hydrogen) atoms. The molecule has 3 heteroatoms. The zero-order valence-electron chi connectivity index (χ0n) is 9.23. The summed E-state index contributed by atoms with van der Waals surface area (Å²) in [6.07, 6.45) is 4.69. The van der Waals surface area contributed by atoms with Gasteiger partial charge in [0.1, 0.15) is 0 Å². The number of hydrogen-bond donors (Lipinski definition) is 1. The van der Waals surface area contributed by atoms with Crippen LogP contribution in [0.2, 0.25) is 0 Å². The van der Waals surface area contributed by atoms with Gasteiger partial charge in [-0.2, -0.15) is 0 Å². The molecule has 1 aliphatic heterocycles. The van der Waals surface area contributed by atoms with E-state index in [4.69, 9.17) is 5.73 Å². The highest BCUT2D eigenvalue weighted by molar-refractivity contribution is 5.76. The van der Waals surface area contributed by atoms with Gasteiger partial charge < -0.3 is 5.73 Å². The predicted molar refractivity (Wildman–Crippen MR) is 63.8 cm³/mol. The molecular formula is C13H16N2O. The van der Waals surface area contributed by atoms with E-state index in [1.807, 2.05) is 12.1 Å². The number of nitrogens with zero attached hydrogens (tertiary/aromatic N) is 1. The van der Waals surface area contributed by atoms with Crippen LogP contribution in [0.4, 0.5) is 0 Å². The Kier molecular flexibility index (Phi) is 3.37. The molecule has 0 fully saturated rings. The zero-order chi connectivity index (χ0) is 11.4. The molecule has 1 amide bonds. The molecule has 84 valence electrons. The molecule has 2 N–H and O–H groups in total. The number of primary amides is 1. The molecule has 2 rings (SSSR count). The van der Waals surface area contributed by atoms with Crippen molar-refractivity contribution < 1.29 is 4.79 Å². The highest BCUT2D eigenvalue weighted by atomic mass is 16.1. The second kappa shape index (κ2) is 4.94. The lowest BCUT2D eigenvalue weighted by molar-refractivity contribution is -0.117. The van der Waals surface area contributed by atoms with E-state index in [-0.39, 0.29) is 5.91 Å². The highest BCUT2D eigenvalue weighted by Gasteiger charge is 2.06. The van der Waals surface area contributed by atoms with E-state index in [1.54, 1.807) is 0 Å². The van der Waals surface area contributed by atoms with Gasteiger partial charge in [-0.05, 0) is 11.1 Å². The van der Waals surface area contributed by atoms with E-state index in [0.29, 0.717) is 6.42 Å². The normalized spacial score (nSPS) is 15.5. The minimum Gasteiger partial charge on any atom is -0.369 e. The second-order valence-electron chi connectivity index (χ2n) is 4.13. The van der Waals surface area contributed by atoms with Crippen LogP contribution in [-0.4, -0.2) is 23.9 Å². The molecule has 0 saturated carbocycles. The first-order valence-corrected chi connectivity index (χ1v) is 5.47. The Bertz CT molecular complexity index is 387. The first-order chi connectivity index (χ1) is 7.74. The average Bonchev–Trinajstić information content (AvgIpc) is 2.73. The molecule has 0 aliphatic carbocycles. The fourth-order valence-corrected chi connectivity index (χ4v) is 1.87. The van der Waals surface area contributed by atoms with Crippen molar-refractivity contribution in [3.63, 3.8) is 0 Å². The van der Waals surface area contributed by atoms with E-state index in [1.165, 1.54) is 5.56 Å². The lowest BCUT2D eigenvalue weighted by Gasteiger charge is -2.14. The fourth-order valence-electron chi connectivity index (χ4n) is 1.87. The Labute approximate surface area is 95.6 Å². The smallest absolute Gasteiger partial charge is 0.221 e. The van der Waals surface area contributed by atoms with Gasteiger partial charge in [0.2, 0.25) is 5.91 Å². The van der Waals surface area contributed by atoms with Crippen molar-refractivity contribution in [3.8, 4) is 0 Å². The van der Waals surface area contributed by atoms with E-state index in [2.05, 4.69) is 29.2 Å². The van der Waals surface area contributed by atoms with Crippen molar-refractivity contribution >= 4 is 5.91 Å². The van der Waals surface area contributed by atoms with Crippen molar-refractivity contribution in [1.29, 1.82) is 0 Å². The first-order valence-electron chi connectivity index (χ1n) is 5.47. The minimum absolute atomic E-state index is 0.281. The Balaban J connectivity index is 1.93. The van der Waals surface area contributed by atoms with E-state index in [9.17, 15) is 4.79 Å². The van der Waals surface area contributed by atoms with Gasteiger partial charge in [0.25, 0.3) is 0 Å². The summed E-state index contributed by atoms with van der Waals surface area (Å²) < 4.78 is 0. The third-order valence-corrected chi connectivity index (χ3v) is 2.70. The number of nitrogens with two attached hydrogens (primary N) is 1. The summed E-state index contributed by atoms with van der Waals surface area (Å²) in [5.41, 5.74) is 7.40. The standard InChI is InChI=1S/C13H16N2O/c14-13(16)9-11-3-5-12(6-4-11)10-15-7-1-2-8-15/h1-6H,7-10H2,(H2,14,16). The van der Waals surface area contributed by atoms with Crippen LogP contribution < -0.4 is 5.73 Å². The topological polar surface area (TPSA) is 46.3 Å². The van der Waals surface area contributed by atoms with Crippen LogP contribution in [-0.2, 0) is 17.8 Å². The third kappa shape index (κ3) is 2.94. The number of carbonyl (C=O) groups excluding carboxylic acids is 1. The Morgan fingerprint density at radius 3 is 2.25 bits per heavy atom. The number of carbonyl (C=O) groups is 1. The molecule has 1 aromatic carbocycles. The van der Waals surface area contributed by atoms with Crippen molar-refractivity contribution in [2.75, 3.05) is 13.1 Å². The quantitative estimate of drug-likeness (QED) is 0.766. The summed E-state index contributed by atoms with van der Waals surface area (Å²) in [5, 5.41) is 0. The summed E-state index contributed by atoms with van der Waals surface area (Å²) in [6.45, 7) is 3.02. The van der Waals surface area contributed by atoms with Gasteiger partial charge in [-0.25, -0.2) is 0 Å². The van der Waals surface area contributed by atoms with Crippen LogP contribution in [0.1, 0.15) is 11.1 Å². The van der Waals surface area contributed by atoms with Crippen LogP contribution >= 0.6 is 0 Å². The summed E-state index contributed by atoms with van der Waals surface area (Å²) in [4.78, 5) is 13.1. The maximum atomic E-state index is 10.7. The van der Waals surface area contributed by atoms with Gasteiger partial charge in [-0.15, -0.1) is 0 Å². The van der Waals surface area contributed by atoms with Gasteiger partial charge in [0.15, 0.2) is 0 Å². The van der Waals surface area contributed by atoms with Crippen LogP contribution in [0, 0.1) is 0 Å². The lowest BCUT2D eigenvalue weighted by atomic mass is 10.1. The predicted octanol–water partition coefficient (Wildman–Crippen LogP) is 1.09. The minimum atomic E-state index is -0.281. The zero-order valence-corrected chi connectivity index (χ0v) is 9.23. The third-order valence-electron chi connectivity index (χ3n) is 2.70. The van der Waals surface area contributed by atoms with E-state index in [0.717, 1.165) is 25.2 Å². The fraction of sp³-hybridized carbons (Fsp3) is 0.308. The second-order valence-corrected chi connectivity index (χ2v) is 4.13. The summed E-state index contributed by atoms with van der Waals surface area (Å²) in [5.74, 6) is -0.281. The van der Waals surface area contributed by atoms with E-state index < -0.39 is 0 Å². The summed E-state index contributed by atoms with van der Waals surface area (Å²) in [7, 11) is 0. The van der Waals surface area contributed by atoms with Crippen molar-refractivity contribution in [3.05, 3.63) is 47.5 Å². The highest BCUT2D eigenvalue weighted by Crippen LogP contribution is 2.10. The van der Waals surface area contributed by atoms with Gasteiger partial charge in [-0.3, -0.25) is 9.69 Å². The number of hydrogen-bond acceptors (Lipinski definition) is 2. The van der Waals surface area contributed by atoms with Gasteiger partial charge in [0.05, 0.1) is 6.42 Å². The molecule has 0 bridgehead atoms.